The molecule has 0 aromatic rings. The predicted octanol–water partition coefficient (Wildman–Crippen LogP) is 2.60. The fourth-order valence-electron chi connectivity index (χ4n) is 6.35. The molecule has 1 N–H and O–H groups in total. The van der Waals surface area contributed by atoms with E-state index in [4.69, 9.17) is 4.74 Å². The Kier molecular flexibility index (Phi) is 9.44. The first-order valence-corrected chi connectivity index (χ1v) is 14.0. The highest BCUT2D eigenvalue weighted by atomic mass is 79.9. The number of carbonyl (C=O) groups excluding carboxylic acids is 3. The Morgan fingerprint density at radius 1 is 1.28 bits per heavy atom. The lowest BCUT2D eigenvalue weighted by atomic mass is 9.70. The molecule has 3 heterocycles. The van der Waals surface area contributed by atoms with Crippen LogP contribution >= 0.6 is 15.9 Å². The molecule has 36 heavy (non-hydrogen) atoms. The van der Waals surface area contributed by atoms with Crippen LogP contribution < -0.4 is 0 Å². The monoisotopic (exact) mass is 567 g/mol. The van der Waals surface area contributed by atoms with E-state index in [0.29, 0.717) is 32.5 Å². The van der Waals surface area contributed by atoms with Gasteiger partial charge in [-0.2, -0.15) is 0 Å². The van der Waals surface area contributed by atoms with E-state index >= 15 is 0 Å². The third-order valence-corrected chi connectivity index (χ3v) is 8.66. The van der Waals surface area contributed by atoms with E-state index in [2.05, 4.69) is 36.0 Å². The first-order valence-electron chi connectivity index (χ1n) is 13.1. The molecule has 3 unspecified atom stereocenters. The number of carbonyl (C=O) groups is 3. The van der Waals surface area contributed by atoms with Gasteiger partial charge < -0.3 is 24.5 Å². The number of halogens is 1. The topological polar surface area (TPSA) is 90.4 Å². The number of alkyl halides is 1. The van der Waals surface area contributed by atoms with Crippen molar-refractivity contribution in [2.45, 2.75) is 75.1 Å². The van der Waals surface area contributed by atoms with Gasteiger partial charge in [-0.1, -0.05) is 55.3 Å². The van der Waals surface area contributed by atoms with Gasteiger partial charge in [-0.15, -0.1) is 13.2 Å². The minimum atomic E-state index is -1.13. The summed E-state index contributed by atoms with van der Waals surface area (Å²) >= 11 is 3.71. The van der Waals surface area contributed by atoms with Gasteiger partial charge in [0.25, 0.3) is 0 Å². The number of rotatable bonds is 13. The Balaban J connectivity index is 2.12. The molecule has 3 aliphatic rings. The van der Waals surface area contributed by atoms with E-state index in [1.165, 1.54) is 0 Å². The molecule has 3 fully saturated rings. The number of likely N-dealkylation sites (tertiary alicyclic amines) is 1. The number of aliphatic hydroxyl groups is 1. The average Bonchev–Trinajstić information content (AvgIpc) is 3.42. The van der Waals surface area contributed by atoms with Crippen molar-refractivity contribution in [3.8, 4) is 0 Å². The highest BCUT2D eigenvalue weighted by Crippen LogP contribution is 2.61. The van der Waals surface area contributed by atoms with Crippen molar-refractivity contribution in [3.63, 3.8) is 0 Å². The molecule has 7 atom stereocenters. The maximum absolute atomic E-state index is 14.2. The third-order valence-electron chi connectivity index (χ3n) is 7.82. The lowest BCUT2D eigenvalue weighted by Crippen LogP contribution is -2.59. The van der Waals surface area contributed by atoms with Crippen molar-refractivity contribution in [2.24, 2.45) is 17.8 Å². The van der Waals surface area contributed by atoms with Crippen LogP contribution in [0, 0.1) is 17.8 Å². The van der Waals surface area contributed by atoms with Crippen molar-refractivity contribution in [3.05, 3.63) is 25.3 Å². The van der Waals surface area contributed by atoms with Gasteiger partial charge in [-0.3, -0.25) is 14.4 Å². The quantitative estimate of drug-likeness (QED) is 0.273. The maximum Gasteiger partial charge on any atom is 0.248 e. The number of hydrogen-bond acceptors (Lipinski definition) is 5. The lowest BCUT2D eigenvalue weighted by Gasteiger charge is -2.40. The van der Waals surface area contributed by atoms with Gasteiger partial charge in [-0.05, 0) is 25.2 Å². The van der Waals surface area contributed by atoms with E-state index in [1.807, 2.05) is 13.8 Å². The van der Waals surface area contributed by atoms with Gasteiger partial charge in [0.2, 0.25) is 17.7 Å². The van der Waals surface area contributed by atoms with Gasteiger partial charge in [0.05, 0.1) is 30.6 Å². The number of hydrogen-bond donors (Lipinski definition) is 1. The number of likely N-dealkylation sites (N-methyl/N-ethyl adjacent to an activating group) is 1. The zero-order chi connectivity index (χ0) is 26.8. The second kappa shape index (κ2) is 11.8. The standard InChI is InChI=1S/C27H42BrN3O5/c1-7-10-13-30(12-9-3)26(35)23-27-15-19(28)22(36-27)20(24(33)29(6)11-8-2)21(27)25(34)31(23)18(16-32)14-17(4)5/h8-9,17-23,32H,2-3,7,10-16H2,1,4-6H3/t18-,19?,20+,21+,22+,23?,27?/m1/s1. The highest BCUT2D eigenvalue weighted by molar-refractivity contribution is 9.09. The zero-order valence-corrected chi connectivity index (χ0v) is 23.7. The number of ether oxygens (including phenoxy) is 1. The Labute approximate surface area is 223 Å². The van der Waals surface area contributed by atoms with E-state index < -0.39 is 35.6 Å². The highest BCUT2D eigenvalue weighted by Gasteiger charge is 2.77. The molecule has 0 saturated carbocycles. The summed E-state index contributed by atoms with van der Waals surface area (Å²) in [6.07, 6.45) is 5.57. The first-order chi connectivity index (χ1) is 17.1. The van der Waals surface area contributed by atoms with Gasteiger partial charge in [0.15, 0.2) is 0 Å². The van der Waals surface area contributed by atoms with Gasteiger partial charge in [0, 0.05) is 31.5 Å². The molecular weight excluding hydrogens is 526 g/mol. The van der Waals surface area contributed by atoms with Crippen LogP contribution in [0.5, 0.6) is 0 Å². The summed E-state index contributed by atoms with van der Waals surface area (Å²) in [4.78, 5) is 46.7. The van der Waals surface area contributed by atoms with Crippen LogP contribution in [0.1, 0.15) is 46.5 Å². The molecule has 3 amide bonds. The molecule has 9 heteroatoms. The predicted molar refractivity (Wildman–Crippen MR) is 142 cm³/mol. The molecule has 3 rings (SSSR count). The Morgan fingerprint density at radius 2 is 1.94 bits per heavy atom. The summed E-state index contributed by atoms with van der Waals surface area (Å²) in [7, 11) is 1.69. The van der Waals surface area contributed by atoms with E-state index in [9.17, 15) is 19.5 Å². The Morgan fingerprint density at radius 3 is 2.50 bits per heavy atom. The summed E-state index contributed by atoms with van der Waals surface area (Å²) in [5, 5.41) is 10.4. The third kappa shape index (κ3) is 4.90. The van der Waals surface area contributed by atoms with Gasteiger partial charge in [-0.25, -0.2) is 0 Å². The fraction of sp³-hybridized carbons (Fsp3) is 0.741. The normalized spacial score (nSPS) is 31.5. The van der Waals surface area contributed by atoms with Crippen molar-refractivity contribution in [1.29, 1.82) is 0 Å². The molecule has 0 radical (unpaired) electrons. The minimum Gasteiger partial charge on any atom is -0.394 e. The molecule has 202 valence electrons. The van der Waals surface area contributed by atoms with E-state index in [1.54, 1.807) is 33.9 Å². The number of amides is 3. The summed E-state index contributed by atoms with van der Waals surface area (Å²) in [6.45, 7) is 14.7. The molecule has 0 aromatic carbocycles. The van der Waals surface area contributed by atoms with Crippen LogP contribution in [0.3, 0.4) is 0 Å². The van der Waals surface area contributed by atoms with Crippen LogP contribution in [0.15, 0.2) is 25.3 Å². The van der Waals surface area contributed by atoms with Crippen molar-refractivity contribution >= 4 is 33.7 Å². The molecule has 0 aliphatic carbocycles. The van der Waals surface area contributed by atoms with Crippen LogP contribution in [0.4, 0.5) is 0 Å². The second-order valence-corrected chi connectivity index (χ2v) is 12.0. The fourth-order valence-corrected chi connectivity index (χ4v) is 7.29. The summed E-state index contributed by atoms with van der Waals surface area (Å²) < 4.78 is 6.59. The summed E-state index contributed by atoms with van der Waals surface area (Å²) in [5.74, 6) is -1.93. The summed E-state index contributed by atoms with van der Waals surface area (Å²) in [5.41, 5.74) is -1.13. The molecule has 8 nitrogen and oxygen atoms in total. The van der Waals surface area contributed by atoms with Gasteiger partial charge in [0.1, 0.15) is 11.6 Å². The SMILES string of the molecule is C=CCN(C)C(=O)[C@H]1[C@H]2C(=O)N([C@@H](CO)CC(C)C)C(C(=O)N(CC=C)CCCC)C23CC(Br)[C@@H]1O3. The van der Waals surface area contributed by atoms with Crippen LogP contribution in [-0.2, 0) is 19.1 Å². The number of unbranched alkanes of at least 4 members (excludes halogenated alkanes) is 1. The van der Waals surface area contributed by atoms with Gasteiger partial charge >= 0.3 is 0 Å². The molecule has 1 spiro atoms. The number of aliphatic hydroxyl groups excluding tert-OH is 1. The smallest absolute Gasteiger partial charge is 0.248 e. The van der Waals surface area contributed by atoms with E-state index in [-0.39, 0.29) is 35.1 Å². The number of fused-ring (bicyclic) bond motifs is 1. The minimum absolute atomic E-state index is 0.163. The molecular formula is C27H42BrN3O5. The molecule has 3 aliphatic heterocycles. The Hall–Kier alpha value is -1.71. The maximum atomic E-state index is 14.2. The zero-order valence-electron chi connectivity index (χ0n) is 22.1. The van der Waals surface area contributed by atoms with Crippen LogP contribution in [0.2, 0.25) is 0 Å². The average molecular weight is 569 g/mol. The van der Waals surface area contributed by atoms with Crippen molar-refractivity contribution < 1.29 is 24.2 Å². The Bertz CT molecular complexity index is 866. The molecule has 3 saturated heterocycles. The van der Waals surface area contributed by atoms with Crippen LogP contribution in [-0.4, -0.2) is 99.4 Å². The summed E-state index contributed by atoms with van der Waals surface area (Å²) in [6, 6.07) is -1.45. The number of nitrogens with zero attached hydrogens (tertiary/aromatic N) is 3. The molecule has 0 aromatic heterocycles. The first kappa shape index (κ1) is 28.9. The van der Waals surface area contributed by atoms with Crippen LogP contribution in [0.25, 0.3) is 0 Å². The second-order valence-electron chi connectivity index (χ2n) is 10.8. The van der Waals surface area contributed by atoms with Crippen molar-refractivity contribution in [1.82, 2.24) is 14.7 Å². The largest absolute Gasteiger partial charge is 0.394 e. The van der Waals surface area contributed by atoms with Crippen molar-refractivity contribution in [2.75, 3.05) is 33.3 Å². The van der Waals surface area contributed by atoms with E-state index in [0.717, 1.165) is 12.8 Å². The molecule has 2 bridgehead atoms. The lowest BCUT2D eigenvalue weighted by molar-refractivity contribution is -0.152.